The molecule has 4 nitrogen and oxygen atoms in total. The SMILES string of the molecule is Cc1c(C(=O)N[C@H](c2ccccc2)[C@@H]2CCCO2)oc2ccc(Cl)cc12. The third kappa shape index (κ3) is 3.22. The van der Waals surface area contributed by atoms with E-state index in [0.29, 0.717) is 16.4 Å². The van der Waals surface area contributed by atoms with Gasteiger partial charge in [-0.1, -0.05) is 41.9 Å². The Bertz CT molecular complexity index is 929. The van der Waals surface area contributed by atoms with Crippen LogP contribution in [-0.4, -0.2) is 18.6 Å². The summed E-state index contributed by atoms with van der Waals surface area (Å²) in [4.78, 5) is 13.0. The van der Waals surface area contributed by atoms with Crippen LogP contribution in [0.2, 0.25) is 5.02 Å². The highest BCUT2D eigenvalue weighted by atomic mass is 35.5. The maximum absolute atomic E-state index is 13.0. The van der Waals surface area contributed by atoms with Crippen LogP contribution in [-0.2, 0) is 4.74 Å². The van der Waals surface area contributed by atoms with Crippen LogP contribution in [0.4, 0.5) is 0 Å². The highest BCUT2D eigenvalue weighted by Gasteiger charge is 2.30. The van der Waals surface area contributed by atoms with E-state index in [4.69, 9.17) is 20.8 Å². The number of hydrogen-bond acceptors (Lipinski definition) is 3. The maximum atomic E-state index is 13.0. The largest absolute Gasteiger partial charge is 0.451 e. The van der Waals surface area contributed by atoms with Crippen molar-refractivity contribution in [3.63, 3.8) is 0 Å². The van der Waals surface area contributed by atoms with Crippen LogP contribution in [0.3, 0.4) is 0 Å². The van der Waals surface area contributed by atoms with E-state index in [1.165, 1.54) is 0 Å². The molecule has 1 aliphatic rings. The molecule has 26 heavy (non-hydrogen) atoms. The van der Waals surface area contributed by atoms with E-state index in [1.807, 2.05) is 43.3 Å². The summed E-state index contributed by atoms with van der Waals surface area (Å²) in [6.45, 7) is 2.60. The van der Waals surface area contributed by atoms with Crippen LogP contribution in [0.1, 0.15) is 40.6 Å². The monoisotopic (exact) mass is 369 g/mol. The van der Waals surface area contributed by atoms with Crippen LogP contribution in [0, 0.1) is 6.92 Å². The summed E-state index contributed by atoms with van der Waals surface area (Å²) < 4.78 is 11.7. The van der Waals surface area contributed by atoms with Gasteiger partial charge in [0, 0.05) is 22.6 Å². The first-order valence-electron chi connectivity index (χ1n) is 8.79. The molecule has 5 heteroatoms. The molecule has 1 fully saturated rings. The minimum Gasteiger partial charge on any atom is -0.451 e. The van der Waals surface area contributed by atoms with Gasteiger partial charge in [-0.25, -0.2) is 0 Å². The third-order valence-corrected chi connectivity index (χ3v) is 5.12. The third-order valence-electron chi connectivity index (χ3n) is 4.89. The minimum atomic E-state index is -0.237. The molecule has 1 N–H and O–H groups in total. The number of carbonyl (C=O) groups excluding carboxylic acids is 1. The smallest absolute Gasteiger partial charge is 0.287 e. The molecule has 0 aliphatic carbocycles. The van der Waals surface area contributed by atoms with Crippen molar-refractivity contribution in [3.8, 4) is 0 Å². The Morgan fingerprint density at radius 2 is 2.04 bits per heavy atom. The number of halogens is 1. The molecule has 0 radical (unpaired) electrons. The van der Waals surface area contributed by atoms with Crippen molar-refractivity contribution in [2.24, 2.45) is 0 Å². The summed E-state index contributed by atoms with van der Waals surface area (Å²) in [6, 6.07) is 15.1. The number of benzene rings is 2. The van der Waals surface area contributed by atoms with Gasteiger partial charge in [0.05, 0.1) is 12.1 Å². The topological polar surface area (TPSA) is 51.5 Å². The maximum Gasteiger partial charge on any atom is 0.287 e. The molecular weight excluding hydrogens is 350 g/mol. The standard InChI is InChI=1S/C21H20ClNO3/c1-13-16-12-15(22)9-10-17(16)26-20(13)21(24)23-19(18-8-5-11-25-18)14-6-3-2-4-7-14/h2-4,6-7,9-10,12,18-19H,5,8,11H2,1H3,(H,23,24)/t18-,19+/m0/s1. The fourth-order valence-electron chi connectivity index (χ4n) is 3.53. The highest BCUT2D eigenvalue weighted by molar-refractivity contribution is 6.31. The molecule has 4 rings (SSSR count). The molecule has 1 saturated heterocycles. The van der Waals surface area contributed by atoms with Crippen molar-refractivity contribution >= 4 is 28.5 Å². The Balaban J connectivity index is 1.65. The van der Waals surface area contributed by atoms with E-state index in [0.717, 1.165) is 36.0 Å². The average Bonchev–Trinajstić information content (AvgIpc) is 3.29. The van der Waals surface area contributed by atoms with Crippen molar-refractivity contribution in [1.29, 1.82) is 0 Å². The van der Waals surface area contributed by atoms with Gasteiger partial charge >= 0.3 is 0 Å². The first-order chi connectivity index (χ1) is 12.6. The number of nitrogens with one attached hydrogen (secondary N) is 1. The number of ether oxygens (including phenoxy) is 1. The normalized spacial score (nSPS) is 18.2. The molecule has 1 amide bonds. The van der Waals surface area contributed by atoms with Crippen LogP contribution >= 0.6 is 11.6 Å². The number of fused-ring (bicyclic) bond motifs is 1. The van der Waals surface area contributed by atoms with E-state index in [2.05, 4.69) is 5.32 Å². The van der Waals surface area contributed by atoms with Gasteiger partial charge in [0.15, 0.2) is 5.76 Å². The second kappa shape index (κ2) is 7.14. The van der Waals surface area contributed by atoms with Gasteiger partial charge in [0.2, 0.25) is 0 Å². The minimum absolute atomic E-state index is 0.0273. The van der Waals surface area contributed by atoms with E-state index in [-0.39, 0.29) is 18.1 Å². The number of hydrogen-bond donors (Lipinski definition) is 1. The molecular formula is C21H20ClNO3. The summed E-state index contributed by atoms with van der Waals surface area (Å²) in [5.74, 6) is 0.0837. The van der Waals surface area contributed by atoms with Crippen molar-refractivity contribution in [2.75, 3.05) is 6.61 Å². The number of furan rings is 1. The highest BCUT2D eigenvalue weighted by Crippen LogP contribution is 2.30. The molecule has 1 aromatic heterocycles. The van der Waals surface area contributed by atoms with Crippen LogP contribution < -0.4 is 5.32 Å². The van der Waals surface area contributed by atoms with Gasteiger partial charge in [-0.15, -0.1) is 0 Å². The summed E-state index contributed by atoms with van der Waals surface area (Å²) >= 11 is 6.07. The molecule has 0 unspecified atom stereocenters. The number of rotatable bonds is 4. The summed E-state index contributed by atoms with van der Waals surface area (Å²) in [6.07, 6.45) is 1.90. The molecule has 2 heterocycles. The van der Waals surface area contributed by atoms with Crippen molar-refractivity contribution < 1.29 is 13.9 Å². The lowest BCUT2D eigenvalue weighted by molar-refractivity contribution is 0.0658. The van der Waals surface area contributed by atoms with E-state index < -0.39 is 0 Å². The molecule has 134 valence electrons. The van der Waals surface area contributed by atoms with Gasteiger partial charge in [-0.3, -0.25) is 4.79 Å². The zero-order valence-electron chi connectivity index (χ0n) is 14.5. The van der Waals surface area contributed by atoms with E-state index >= 15 is 0 Å². The quantitative estimate of drug-likeness (QED) is 0.700. The van der Waals surface area contributed by atoms with E-state index in [1.54, 1.807) is 12.1 Å². The predicted octanol–water partition coefficient (Wildman–Crippen LogP) is 5.04. The lowest BCUT2D eigenvalue weighted by Crippen LogP contribution is -2.36. The van der Waals surface area contributed by atoms with Crippen LogP contribution in [0.5, 0.6) is 0 Å². The summed E-state index contributed by atoms with van der Waals surface area (Å²) in [5.41, 5.74) is 2.48. The fourth-order valence-corrected chi connectivity index (χ4v) is 3.71. The fraction of sp³-hybridized carbons (Fsp3) is 0.286. The predicted molar refractivity (Wildman–Crippen MR) is 102 cm³/mol. The number of carbonyl (C=O) groups is 1. The van der Waals surface area contributed by atoms with Crippen molar-refractivity contribution in [2.45, 2.75) is 31.9 Å². The second-order valence-corrected chi connectivity index (χ2v) is 7.05. The first kappa shape index (κ1) is 17.1. The Morgan fingerprint density at radius 1 is 1.23 bits per heavy atom. The molecule has 0 saturated carbocycles. The van der Waals surface area contributed by atoms with E-state index in [9.17, 15) is 4.79 Å². The molecule has 3 aromatic rings. The summed E-state index contributed by atoms with van der Waals surface area (Å²) in [5, 5.41) is 4.59. The summed E-state index contributed by atoms with van der Waals surface area (Å²) in [7, 11) is 0. The molecule has 1 aliphatic heterocycles. The van der Waals surface area contributed by atoms with Gasteiger partial charge in [-0.05, 0) is 43.5 Å². The van der Waals surface area contributed by atoms with Crippen LogP contribution in [0.25, 0.3) is 11.0 Å². The molecule has 0 spiro atoms. The number of aryl methyl sites for hydroxylation is 1. The second-order valence-electron chi connectivity index (χ2n) is 6.61. The van der Waals surface area contributed by atoms with Gasteiger partial charge in [0.25, 0.3) is 5.91 Å². The Hall–Kier alpha value is -2.30. The Morgan fingerprint density at radius 3 is 2.77 bits per heavy atom. The zero-order chi connectivity index (χ0) is 18.1. The average molecular weight is 370 g/mol. The van der Waals surface area contributed by atoms with Crippen molar-refractivity contribution in [3.05, 3.63) is 70.4 Å². The van der Waals surface area contributed by atoms with Crippen LogP contribution in [0.15, 0.2) is 52.9 Å². The van der Waals surface area contributed by atoms with Gasteiger partial charge in [0.1, 0.15) is 5.58 Å². The lowest BCUT2D eigenvalue weighted by atomic mass is 9.99. The molecule has 0 bridgehead atoms. The van der Waals surface area contributed by atoms with Gasteiger partial charge in [-0.2, -0.15) is 0 Å². The zero-order valence-corrected chi connectivity index (χ0v) is 15.3. The first-order valence-corrected chi connectivity index (χ1v) is 9.17. The lowest BCUT2D eigenvalue weighted by Gasteiger charge is -2.24. The number of amides is 1. The Kier molecular flexibility index (Phi) is 4.70. The molecule has 2 aromatic carbocycles. The molecule has 2 atom stereocenters. The van der Waals surface area contributed by atoms with Crippen molar-refractivity contribution in [1.82, 2.24) is 5.32 Å². The van der Waals surface area contributed by atoms with Gasteiger partial charge < -0.3 is 14.5 Å². The Labute approximate surface area is 157 Å².